The number of thiol groups is 1. The molecule has 0 fully saturated rings. The van der Waals surface area contributed by atoms with Crippen LogP contribution in [0.25, 0.3) is 0 Å². The summed E-state index contributed by atoms with van der Waals surface area (Å²) in [5.74, 6) is 0.336. The Kier molecular flexibility index (Phi) is 6.99. The molecule has 0 heterocycles. The fraction of sp³-hybridized carbons (Fsp3) is 0.333. The van der Waals surface area contributed by atoms with Gasteiger partial charge in [0, 0.05) is 31.2 Å². The topological polar surface area (TPSA) is 35.5 Å². The number of benzene rings is 2. The third-order valence-corrected chi connectivity index (χ3v) is 6.09. The SMILES string of the molecule is C=C(O)C1CCc2ccc(CCN(CCNS)c3ccc(Cl)c(Cl)c3)cc21. The van der Waals surface area contributed by atoms with Gasteiger partial charge < -0.3 is 10.0 Å². The number of aliphatic hydroxyl groups is 1. The lowest BCUT2D eigenvalue weighted by atomic mass is 9.97. The highest BCUT2D eigenvalue weighted by Gasteiger charge is 2.24. The van der Waals surface area contributed by atoms with Gasteiger partial charge in [-0.1, -0.05) is 60.8 Å². The number of aryl methyl sites for hydroxylation is 1. The maximum atomic E-state index is 9.86. The predicted octanol–water partition coefficient (Wildman–Crippen LogP) is 5.58. The van der Waals surface area contributed by atoms with Crippen molar-refractivity contribution in [1.82, 2.24) is 4.72 Å². The van der Waals surface area contributed by atoms with Crippen molar-refractivity contribution in [2.45, 2.75) is 25.2 Å². The summed E-state index contributed by atoms with van der Waals surface area (Å²) in [5, 5.41) is 11.0. The number of nitrogens with zero attached hydrogens (tertiary/aromatic N) is 1. The molecule has 0 aliphatic heterocycles. The van der Waals surface area contributed by atoms with Crippen LogP contribution in [-0.2, 0) is 12.8 Å². The molecule has 0 bridgehead atoms. The highest BCUT2D eigenvalue weighted by molar-refractivity contribution is 7.78. The third kappa shape index (κ3) is 4.94. The molecule has 0 spiro atoms. The molecule has 0 radical (unpaired) electrons. The molecule has 2 N–H and O–H groups in total. The highest BCUT2D eigenvalue weighted by atomic mass is 35.5. The lowest BCUT2D eigenvalue weighted by molar-refractivity contribution is 0.369. The van der Waals surface area contributed by atoms with Gasteiger partial charge in [0.1, 0.15) is 0 Å². The van der Waals surface area contributed by atoms with E-state index >= 15 is 0 Å². The van der Waals surface area contributed by atoms with Gasteiger partial charge in [-0.3, -0.25) is 4.72 Å². The lowest BCUT2D eigenvalue weighted by Crippen LogP contribution is -2.31. The van der Waals surface area contributed by atoms with Crippen molar-refractivity contribution in [3.63, 3.8) is 0 Å². The lowest BCUT2D eigenvalue weighted by Gasteiger charge is -2.25. The Hall–Kier alpha value is -1.33. The molecule has 0 saturated carbocycles. The zero-order chi connectivity index (χ0) is 19.4. The molecule has 1 aliphatic rings. The van der Waals surface area contributed by atoms with E-state index in [0.29, 0.717) is 10.0 Å². The number of rotatable bonds is 8. The minimum absolute atomic E-state index is 0.0690. The highest BCUT2D eigenvalue weighted by Crippen LogP contribution is 2.37. The quantitative estimate of drug-likeness (QED) is 0.383. The molecular formula is C21H24Cl2N2OS. The van der Waals surface area contributed by atoms with Crippen LogP contribution in [-0.4, -0.2) is 24.7 Å². The van der Waals surface area contributed by atoms with Crippen LogP contribution < -0.4 is 9.62 Å². The minimum Gasteiger partial charge on any atom is -0.512 e. The Bertz CT molecular complexity index is 828. The van der Waals surface area contributed by atoms with Gasteiger partial charge in [-0.2, -0.15) is 0 Å². The van der Waals surface area contributed by atoms with E-state index in [1.165, 1.54) is 16.7 Å². The van der Waals surface area contributed by atoms with E-state index in [1.807, 2.05) is 18.2 Å². The van der Waals surface area contributed by atoms with Crippen molar-refractivity contribution >= 4 is 41.7 Å². The monoisotopic (exact) mass is 422 g/mol. The van der Waals surface area contributed by atoms with E-state index in [4.69, 9.17) is 23.2 Å². The number of fused-ring (bicyclic) bond motifs is 1. The Morgan fingerprint density at radius 3 is 2.70 bits per heavy atom. The van der Waals surface area contributed by atoms with Gasteiger partial charge in [-0.15, -0.1) is 0 Å². The van der Waals surface area contributed by atoms with Crippen LogP contribution >= 0.6 is 36.0 Å². The van der Waals surface area contributed by atoms with Crippen molar-refractivity contribution in [3.05, 3.63) is 75.5 Å². The first-order valence-corrected chi connectivity index (χ1v) is 10.3. The molecule has 1 aliphatic carbocycles. The van der Waals surface area contributed by atoms with Crippen molar-refractivity contribution in [2.75, 3.05) is 24.5 Å². The van der Waals surface area contributed by atoms with E-state index in [9.17, 15) is 5.11 Å². The second-order valence-electron chi connectivity index (χ2n) is 6.86. The Labute approximate surface area is 176 Å². The normalized spacial score (nSPS) is 15.6. The molecule has 2 aromatic carbocycles. The molecule has 0 amide bonds. The summed E-state index contributed by atoms with van der Waals surface area (Å²) < 4.78 is 2.90. The Morgan fingerprint density at radius 2 is 2.00 bits per heavy atom. The van der Waals surface area contributed by atoms with Crippen LogP contribution in [0.1, 0.15) is 29.0 Å². The second kappa shape index (κ2) is 9.24. The Balaban J connectivity index is 1.74. The first-order valence-electron chi connectivity index (χ1n) is 9.06. The molecule has 144 valence electrons. The van der Waals surface area contributed by atoms with Gasteiger partial charge in [0.2, 0.25) is 0 Å². The number of halogens is 2. The molecule has 6 heteroatoms. The maximum Gasteiger partial charge on any atom is 0.0925 e. The van der Waals surface area contributed by atoms with Crippen molar-refractivity contribution in [2.24, 2.45) is 0 Å². The summed E-state index contributed by atoms with van der Waals surface area (Å²) in [7, 11) is 0. The van der Waals surface area contributed by atoms with Crippen molar-refractivity contribution in [3.8, 4) is 0 Å². The van der Waals surface area contributed by atoms with Gasteiger partial charge in [-0.05, 0) is 54.2 Å². The second-order valence-corrected chi connectivity index (χ2v) is 7.99. The van der Waals surface area contributed by atoms with Crippen molar-refractivity contribution < 1.29 is 5.11 Å². The van der Waals surface area contributed by atoms with Crippen LogP contribution in [0.3, 0.4) is 0 Å². The van der Waals surface area contributed by atoms with E-state index in [0.717, 1.165) is 44.6 Å². The van der Waals surface area contributed by atoms with Gasteiger partial charge in [0.15, 0.2) is 0 Å². The van der Waals surface area contributed by atoms with Gasteiger partial charge in [0.25, 0.3) is 0 Å². The molecule has 3 rings (SSSR count). The number of aliphatic hydroxyl groups excluding tert-OH is 1. The molecule has 27 heavy (non-hydrogen) atoms. The molecular weight excluding hydrogens is 399 g/mol. The zero-order valence-corrected chi connectivity index (χ0v) is 17.5. The molecule has 1 atom stereocenters. The fourth-order valence-electron chi connectivity index (χ4n) is 3.65. The Morgan fingerprint density at radius 1 is 1.19 bits per heavy atom. The largest absolute Gasteiger partial charge is 0.512 e. The van der Waals surface area contributed by atoms with Crippen LogP contribution in [0.5, 0.6) is 0 Å². The standard InChI is InChI=1S/C21H24Cl2N2OS/c1-14(26)18-6-4-16-3-2-15(12-19(16)18)8-10-25(11-9-24-27)17-5-7-20(22)21(23)13-17/h2-3,5,7,12-13,18,24,26-27H,1,4,6,8-11H2. The van der Waals surface area contributed by atoms with E-state index < -0.39 is 0 Å². The predicted molar refractivity (Wildman–Crippen MR) is 119 cm³/mol. The average molecular weight is 423 g/mol. The fourth-order valence-corrected chi connectivity index (χ4v) is 4.05. The summed E-state index contributed by atoms with van der Waals surface area (Å²) in [4.78, 5) is 2.26. The molecule has 1 unspecified atom stereocenters. The van der Waals surface area contributed by atoms with Crippen LogP contribution in [0.2, 0.25) is 10.0 Å². The number of allylic oxidation sites excluding steroid dienone is 1. The summed E-state index contributed by atoms with van der Waals surface area (Å²) in [6.07, 6.45) is 2.84. The van der Waals surface area contributed by atoms with Crippen LogP contribution in [0.4, 0.5) is 5.69 Å². The first kappa shape index (κ1) is 20.4. The molecule has 2 aromatic rings. The van der Waals surface area contributed by atoms with Crippen LogP contribution in [0.15, 0.2) is 48.7 Å². The van der Waals surface area contributed by atoms with Gasteiger partial charge >= 0.3 is 0 Å². The zero-order valence-electron chi connectivity index (χ0n) is 15.1. The van der Waals surface area contributed by atoms with Crippen LogP contribution in [0, 0.1) is 0 Å². The number of hydrogen-bond donors (Lipinski definition) is 3. The van der Waals surface area contributed by atoms with Gasteiger partial charge in [0.05, 0.1) is 15.8 Å². The molecule has 0 aromatic heterocycles. The molecule has 3 nitrogen and oxygen atoms in total. The maximum absolute atomic E-state index is 9.86. The summed E-state index contributed by atoms with van der Waals surface area (Å²) in [6.45, 7) is 6.14. The van der Waals surface area contributed by atoms with Gasteiger partial charge in [-0.25, -0.2) is 0 Å². The number of hydrogen-bond acceptors (Lipinski definition) is 4. The summed E-state index contributed by atoms with van der Waals surface area (Å²) in [6, 6.07) is 12.3. The van der Waals surface area contributed by atoms with E-state index in [2.05, 4.69) is 47.2 Å². The number of anilines is 1. The number of nitrogens with one attached hydrogen (secondary N) is 1. The summed E-state index contributed by atoms with van der Waals surface area (Å²) >= 11 is 16.4. The third-order valence-electron chi connectivity index (χ3n) is 5.12. The summed E-state index contributed by atoms with van der Waals surface area (Å²) in [5.41, 5.74) is 4.83. The van der Waals surface area contributed by atoms with E-state index in [-0.39, 0.29) is 11.7 Å². The molecule has 0 saturated heterocycles. The van der Waals surface area contributed by atoms with E-state index in [1.54, 1.807) is 0 Å². The minimum atomic E-state index is 0.0690. The average Bonchev–Trinajstić information content (AvgIpc) is 3.08. The van der Waals surface area contributed by atoms with Crippen molar-refractivity contribution in [1.29, 1.82) is 0 Å². The first-order chi connectivity index (χ1) is 13.0. The smallest absolute Gasteiger partial charge is 0.0925 e.